The molecule has 2 aromatic carbocycles. The van der Waals surface area contributed by atoms with Crippen molar-refractivity contribution in [2.45, 2.75) is 25.6 Å². The van der Waals surface area contributed by atoms with Gasteiger partial charge in [0.2, 0.25) is 5.91 Å². The van der Waals surface area contributed by atoms with Gasteiger partial charge in [0.1, 0.15) is 12.4 Å². The predicted octanol–water partition coefficient (Wildman–Crippen LogP) is 3.45. The van der Waals surface area contributed by atoms with Crippen LogP contribution in [0.5, 0.6) is 5.75 Å². The predicted molar refractivity (Wildman–Crippen MR) is 127 cm³/mol. The summed E-state index contributed by atoms with van der Waals surface area (Å²) in [7, 11) is 1.91. The van der Waals surface area contributed by atoms with Crippen molar-refractivity contribution in [1.82, 2.24) is 19.7 Å². The second kappa shape index (κ2) is 10.1. The Bertz CT molecular complexity index is 1060. The minimum atomic E-state index is 0.138. The second-order valence-electron chi connectivity index (χ2n) is 8.01. The molecule has 1 aromatic heterocycles. The smallest absolute Gasteiger partial charge is 0.233 e. The zero-order valence-electron chi connectivity index (χ0n) is 18.8. The van der Waals surface area contributed by atoms with Crippen molar-refractivity contribution in [3.8, 4) is 5.75 Å². The van der Waals surface area contributed by atoms with Crippen LogP contribution >= 0.6 is 11.8 Å². The summed E-state index contributed by atoms with van der Waals surface area (Å²) in [5.41, 5.74) is 3.46. The molecule has 2 heterocycles. The third-order valence-corrected chi connectivity index (χ3v) is 6.71. The van der Waals surface area contributed by atoms with Crippen LogP contribution in [0.15, 0.2) is 53.7 Å². The first-order valence-electron chi connectivity index (χ1n) is 10.8. The Hall–Kier alpha value is -3.00. The van der Waals surface area contributed by atoms with Gasteiger partial charge < -0.3 is 19.1 Å². The summed E-state index contributed by atoms with van der Waals surface area (Å²) >= 11 is 1.42. The van der Waals surface area contributed by atoms with Crippen molar-refractivity contribution < 1.29 is 9.53 Å². The zero-order chi connectivity index (χ0) is 22.5. The van der Waals surface area contributed by atoms with Crippen molar-refractivity contribution in [3.63, 3.8) is 0 Å². The topological polar surface area (TPSA) is 63.5 Å². The highest BCUT2D eigenvalue weighted by Crippen LogP contribution is 2.22. The van der Waals surface area contributed by atoms with E-state index in [0.717, 1.165) is 54.0 Å². The van der Waals surface area contributed by atoms with E-state index in [4.69, 9.17) is 4.74 Å². The Morgan fingerprint density at radius 2 is 1.78 bits per heavy atom. The lowest BCUT2D eigenvalue weighted by molar-refractivity contribution is -0.128. The van der Waals surface area contributed by atoms with Crippen LogP contribution in [0.25, 0.3) is 0 Å². The number of ether oxygens (including phenoxy) is 1. The van der Waals surface area contributed by atoms with Gasteiger partial charge in [0.25, 0.3) is 0 Å². The van der Waals surface area contributed by atoms with Gasteiger partial charge in [0.05, 0.1) is 5.75 Å². The highest BCUT2D eigenvalue weighted by atomic mass is 32.2. The van der Waals surface area contributed by atoms with Crippen molar-refractivity contribution in [1.29, 1.82) is 0 Å². The zero-order valence-corrected chi connectivity index (χ0v) is 19.6. The number of para-hydroxylation sites is 1. The Morgan fingerprint density at radius 1 is 1.03 bits per heavy atom. The maximum Gasteiger partial charge on any atom is 0.233 e. The fourth-order valence-corrected chi connectivity index (χ4v) is 4.50. The minimum absolute atomic E-state index is 0.138. The van der Waals surface area contributed by atoms with E-state index in [2.05, 4.69) is 33.3 Å². The van der Waals surface area contributed by atoms with E-state index in [-0.39, 0.29) is 5.91 Å². The van der Waals surface area contributed by atoms with Gasteiger partial charge in [-0.25, -0.2) is 0 Å². The quantitative estimate of drug-likeness (QED) is 0.513. The lowest BCUT2D eigenvalue weighted by Gasteiger charge is -2.36. The normalized spacial score (nSPS) is 14.0. The molecule has 0 spiro atoms. The van der Waals surface area contributed by atoms with Crippen LogP contribution in [0.4, 0.5) is 5.69 Å². The molecular formula is C24H29N5O2S. The van der Waals surface area contributed by atoms with Gasteiger partial charge in [-0.05, 0) is 43.2 Å². The number of rotatable bonds is 7. The maximum absolute atomic E-state index is 12.7. The largest absolute Gasteiger partial charge is 0.485 e. The summed E-state index contributed by atoms with van der Waals surface area (Å²) in [5, 5.41) is 9.23. The van der Waals surface area contributed by atoms with E-state index in [1.54, 1.807) is 0 Å². The molecule has 1 fully saturated rings. The van der Waals surface area contributed by atoms with Gasteiger partial charge in [-0.3, -0.25) is 4.79 Å². The number of hydrogen-bond donors (Lipinski definition) is 0. The highest BCUT2D eigenvalue weighted by molar-refractivity contribution is 7.99. The number of aromatic nitrogens is 3. The van der Waals surface area contributed by atoms with Crippen molar-refractivity contribution in [2.75, 3.05) is 36.8 Å². The van der Waals surface area contributed by atoms with Gasteiger partial charge in [0, 0.05) is 38.9 Å². The standard InChI is InChI=1S/C24H29N5O2S/c1-18-9-10-19(2)21(15-18)31-16-22-25-26-24(27(22)3)32-17-23(30)29-13-11-28(12-14-29)20-7-5-4-6-8-20/h4-10,15H,11-14,16-17H2,1-3H3. The minimum Gasteiger partial charge on any atom is -0.485 e. The number of hydrogen-bond acceptors (Lipinski definition) is 6. The number of benzene rings is 2. The molecule has 1 aliphatic heterocycles. The van der Waals surface area contributed by atoms with Crippen LogP contribution in [0.1, 0.15) is 17.0 Å². The summed E-state index contributed by atoms with van der Waals surface area (Å²) in [6, 6.07) is 16.5. The van der Waals surface area contributed by atoms with Crippen LogP contribution in [0, 0.1) is 13.8 Å². The molecule has 0 atom stereocenters. The van der Waals surface area contributed by atoms with E-state index in [1.165, 1.54) is 17.4 Å². The van der Waals surface area contributed by atoms with Gasteiger partial charge in [-0.2, -0.15) is 0 Å². The van der Waals surface area contributed by atoms with Gasteiger partial charge in [-0.15, -0.1) is 10.2 Å². The fraction of sp³-hybridized carbons (Fsp3) is 0.375. The number of piperazine rings is 1. The fourth-order valence-electron chi connectivity index (χ4n) is 3.67. The van der Waals surface area contributed by atoms with E-state index < -0.39 is 0 Å². The summed E-state index contributed by atoms with van der Waals surface area (Å²) in [6.07, 6.45) is 0. The summed E-state index contributed by atoms with van der Waals surface area (Å²) < 4.78 is 7.85. The molecule has 32 heavy (non-hydrogen) atoms. The van der Waals surface area contributed by atoms with Crippen molar-refractivity contribution >= 4 is 23.4 Å². The molecule has 168 valence electrons. The first-order chi connectivity index (χ1) is 15.5. The second-order valence-corrected chi connectivity index (χ2v) is 8.95. The number of anilines is 1. The van der Waals surface area contributed by atoms with Crippen LogP contribution in [-0.2, 0) is 18.4 Å². The molecule has 0 radical (unpaired) electrons. The molecule has 1 aliphatic rings. The molecule has 0 aliphatic carbocycles. The molecule has 7 nitrogen and oxygen atoms in total. The number of nitrogens with zero attached hydrogens (tertiary/aromatic N) is 5. The Labute approximate surface area is 193 Å². The molecular weight excluding hydrogens is 422 g/mol. The molecule has 4 rings (SSSR count). The molecule has 0 unspecified atom stereocenters. The monoisotopic (exact) mass is 451 g/mol. The van der Waals surface area contributed by atoms with E-state index in [0.29, 0.717) is 12.4 Å². The van der Waals surface area contributed by atoms with Gasteiger partial charge >= 0.3 is 0 Å². The van der Waals surface area contributed by atoms with E-state index in [9.17, 15) is 4.79 Å². The average Bonchev–Trinajstić information content (AvgIpc) is 3.18. The average molecular weight is 452 g/mol. The van der Waals surface area contributed by atoms with Crippen LogP contribution in [0.2, 0.25) is 0 Å². The molecule has 1 saturated heterocycles. The summed E-state index contributed by atoms with van der Waals surface area (Å²) in [5.74, 6) is 2.08. The molecule has 3 aromatic rings. The number of carbonyl (C=O) groups is 1. The van der Waals surface area contributed by atoms with Crippen LogP contribution in [-0.4, -0.2) is 57.5 Å². The van der Waals surface area contributed by atoms with E-state index >= 15 is 0 Å². The van der Waals surface area contributed by atoms with Gasteiger partial charge in [-0.1, -0.05) is 42.1 Å². The number of amides is 1. The first-order valence-corrected chi connectivity index (χ1v) is 11.8. The molecule has 0 N–H and O–H groups in total. The van der Waals surface area contributed by atoms with Crippen LogP contribution < -0.4 is 9.64 Å². The van der Waals surface area contributed by atoms with E-state index in [1.807, 2.05) is 60.7 Å². The lowest BCUT2D eigenvalue weighted by atomic mass is 10.1. The maximum atomic E-state index is 12.7. The Morgan fingerprint density at radius 3 is 2.53 bits per heavy atom. The third kappa shape index (κ3) is 5.24. The van der Waals surface area contributed by atoms with Gasteiger partial charge in [0.15, 0.2) is 11.0 Å². The Balaban J connectivity index is 1.27. The number of carbonyl (C=O) groups excluding carboxylic acids is 1. The SMILES string of the molecule is Cc1ccc(C)c(OCc2nnc(SCC(=O)N3CCN(c4ccccc4)CC3)n2C)c1. The molecule has 0 bridgehead atoms. The third-order valence-electron chi connectivity index (χ3n) is 5.70. The summed E-state index contributed by atoms with van der Waals surface area (Å²) in [4.78, 5) is 17.0. The number of thioether (sulfide) groups is 1. The molecule has 8 heteroatoms. The number of aryl methyl sites for hydroxylation is 2. The summed E-state index contributed by atoms with van der Waals surface area (Å²) in [6.45, 7) is 7.59. The van der Waals surface area contributed by atoms with Crippen LogP contribution in [0.3, 0.4) is 0 Å². The van der Waals surface area contributed by atoms with Crippen molar-refractivity contribution in [3.05, 3.63) is 65.5 Å². The molecule has 0 saturated carbocycles. The highest BCUT2D eigenvalue weighted by Gasteiger charge is 2.22. The molecule has 1 amide bonds. The lowest BCUT2D eigenvalue weighted by Crippen LogP contribution is -2.49. The van der Waals surface area contributed by atoms with Crippen molar-refractivity contribution in [2.24, 2.45) is 7.05 Å². The Kier molecular flexibility index (Phi) is 6.99. The first kappa shape index (κ1) is 22.2.